The van der Waals surface area contributed by atoms with Gasteiger partial charge in [-0.05, 0) is 81.5 Å². The molecular formula is C25H41BrO3SSi2. The van der Waals surface area contributed by atoms with Crippen LogP contribution in [-0.2, 0) is 28.7 Å². The highest BCUT2D eigenvalue weighted by Gasteiger charge is 2.38. The molecule has 0 aliphatic heterocycles. The standard InChI is InChI=1S/C25H41BrO3SSi2/c1-24(2,3)31(7,8)28-15-19-11-12-22(27-17-23-14-21(26)18-30-23)13-20(19)16-29-32(9,10)25(4,5)6/h11-14,18H,15-17H2,1-10H3. The van der Waals surface area contributed by atoms with E-state index in [-0.39, 0.29) is 10.1 Å². The zero-order valence-corrected chi connectivity index (χ0v) is 25.9. The summed E-state index contributed by atoms with van der Waals surface area (Å²) in [4.78, 5) is 1.20. The molecule has 0 fully saturated rings. The summed E-state index contributed by atoms with van der Waals surface area (Å²) in [6, 6.07) is 8.45. The lowest BCUT2D eigenvalue weighted by Crippen LogP contribution is -2.41. The molecule has 1 heterocycles. The number of benzene rings is 1. The Morgan fingerprint density at radius 2 is 1.31 bits per heavy atom. The third-order valence-electron chi connectivity index (χ3n) is 6.97. The molecule has 1 aromatic carbocycles. The maximum atomic E-state index is 6.58. The van der Waals surface area contributed by atoms with Crippen molar-refractivity contribution in [2.45, 2.75) is 97.6 Å². The summed E-state index contributed by atoms with van der Waals surface area (Å²) in [7, 11) is -3.70. The molecule has 0 N–H and O–H groups in total. The van der Waals surface area contributed by atoms with Gasteiger partial charge in [-0.25, -0.2) is 0 Å². The van der Waals surface area contributed by atoms with Gasteiger partial charge in [-0.1, -0.05) is 47.6 Å². The molecule has 3 nitrogen and oxygen atoms in total. The smallest absolute Gasteiger partial charge is 0.192 e. The normalized spacial score (nSPS) is 13.5. The molecule has 180 valence electrons. The summed E-state index contributed by atoms with van der Waals surface area (Å²) >= 11 is 5.21. The van der Waals surface area contributed by atoms with Crippen molar-refractivity contribution >= 4 is 43.9 Å². The number of halogens is 1. The first-order valence-corrected chi connectivity index (χ1v) is 18.8. The van der Waals surface area contributed by atoms with Crippen LogP contribution in [0.15, 0.2) is 34.1 Å². The first-order chi connectivity index (χ1) is 14.5. The van der Waals surface area contributed by atoms with Gasteiger partial charge in [-0.3, -0.25) is 0 Å². The topological polar surface area (TPSA) is 27.7 Å². The Morgan fingerprint density at radius 3 is 1.78 bits per heavy atom. The molecule has 0 aliphatic carbocycles. The van der Waals surface area contributed by atoms with E-state index in [0.29, 0.717) is 19.8 Å². The molecule has 7 heteroatoms. The monoisotopic (exact) mass is 556 g/mol. The van der Waals surface area contributed by atoms with E-state index < -0.39 is 16.6 Å². The lowest BCUT2D eigenvalue weighted by molar-refractivity contribution is 0.255. The van der Waals surface area contributed by atoms with Crippen LogP contribution in [0.2, 0.25) is 36.3 Å². The summed E-state index contributed by atoms with van der Waals surface area (Å²) in [5.74, 6) is 0.874. The van der Waals surface area contributed by atoms with Crippen LogP contribution in [0.5, 0.6) is 5.75 Å². The second-order valence-electron chi connectivity index (χ2n) is 11.5. The third-order valence-corrected chi connectivity index (χ3v) is 17.6. The number of thiophene rings is 1. The zero-order chi connectivity index (χ0) is 24.4. The van der Waals surface area contributed by atoms with Crippen molar-refractivity contribution in [3.05, 3.63) is 50.1 Å². The fourth-order valence-electron chi connectivity index (χ4n) is 2.50. The van der Waals surface area contributed by atoms with Crippen molar-refractivity contribution in [3.63, 3.8) is 0 Å². The number of ether oxygens (including phenoxy) is 1. The molecule has 2 aromatic rings. The fraction of sp³-hybridized carbons (Fsp3) is 0.600. The van der Waals surface area contributed by atoms with E-state index in [1.807, 2.05) is 0 Å². The van der Waals surface area contributed by atoms with E-state index in [0.717, 1.165) is 10.2 Å². The van der Waals surface area contributed by atoms with Gasteiger partial charge in [0.25, 0.3) is 0 Å². The number of rotatable bonds is 9. The third kappa shape index (κ3) is 7.53. The first kappa shape index (κ1) is 27.8. The van der Waals surface area contributed by atoms with E-state index >= 15 is 0 Å². The maximum absolute atomic E-state index is 6.58. The molecule has 0 aliphatic rings. The van der Waals surface area contributed by atoms with Crippen molar-refractivity contribution in [3.8, 4) is 5.75 Å². The molecular weight excluding hydrogens is 516 g/mol. The Kier molecular flexibility index (Phi) is 9.07. The van der Waals surface area contributed by atoms with Gasteiger partial charge >= 0.3 is 0 Å². The predicted octanol–water partition coefficient (Wildman–Crippen LogP) is 9.13. The Balaban J connectivity index is 2.22. The van der Waals surface area contributed by atoms with Gasteiger partial charge in [0.15, 0.2) is 16.6 Å². The lowest BCUT2D eigenvalue weighted by atomic mass is 10.1. The van der Waals surface area contributed by atoms with Crippen molar-refractivity contribution in [1.29, 1.82) is 0 Å². The predicted molar refractivity (Wildman–Crippen MR) is 147 cm³/mol. The highest BCUT2D eigenvalue weighted by Crippen LogP contribution is 2.39. The summed E-state index contributed by atoms with van der Waals surface area (Å²) in [6.45, 7) is 24.6. The minimum absolute atomic E-state index is 0.172. The fourth-order valence-corrected chi connectivity index (χ4v) is 5.76. The molecule has 0 saturated heterocycles. The average Bonchev–Trinajstić information content (AvgIpc) is 3.07. The number of hydrogen-bond acceptors (Lipinski definition) is 4. The van der Waals surface area contributed by atoms with E-state index in [2.05, 4.69) is 113 Å². The second-order valence-corrected chi connectivity index (χ2v) is 23.1. The molecule has 0 bridgehead atoms. The summed E-state index contributed by atoms with van der Waals surface area (Å²) in [6.07, 6.45) is 0. The molecule has 0 unspecified atom stereocenters. The lowest BCUT2D eigenvalue weighted by Gasteiger charge is -2.37. The van der Waals surface area contributed by atoms with E-state index in [1.54, 1.807) is 11.3 Å². The van der Waals surface area contributed by atoms with Crippen LogP contribution in [0, 0.1) is 0 Å². The highest BCUT2D eigenvalue weighted by atomic mass is 79.9. The van der Waals surface area contributed by atoms with Gasteiger partial charge in [0.05, 0.1) is 13.2 Å². The van der Waals surface area contributed by atoms with Gasteiger partial charge < -0.3 is 13.6 Å². The Labute approximate surface area is 210 Å². The van der Waals surface area contributed by atoms with Crippen LogP contribution < -0.4 is 4.74 Å². The van der Waals surface area contributed by atoms with E-state index in [1.165, 1.54) is 16.0 Å². The molecule has 1 aromatic heterocycles. The van der Waals surface area contributed by atoms with Crippen molar-refractivity contribution < 1.29 is 13.6 Å². The van der Waals surface area contributed by atoms with E-state index in [9.17, 15) is 0 Å². The van der Waals surface area contributed by atoms with Crippen molar-refractivity contribution in [2.24, 2.45) is 0 Å². The first-order valence-electron chi connectivity index (χ1n) is 11.3. The Hall–Kier alpha value is -0.446. The summed E-state index contributed by atoms with van der Waals surface area (Å²) < 4.78 is 20.3. The minimum atomic E-state index is -1.86. The van der Waals surface area contributed by atoms with Crippen LogP contribution in [0.4, 0.5) is 0 Å². The van der Waals surface area contributed by atoms with E-state index in [4.69, 9.17) is 13.6 Å². The molecule has 0 amide bonds. The molecule has 2 rings (SSSR count). The minimum Gasteiger partial charge on any atom is -0.488 e. The van der Waals surface area contributed by atoms with Gasteiger partial charge in [-0.15, -0.1) is 11.3 Å². The zero-order valence-electron chi connectivity index (χ0n) is 21.5. The van der Waals surface area contributed by atoms with Crippen LogP contribution in [-0.4, -0.2) is 16.6 Å². The van der Waals surface area contributed by atoms with Crippen molar-refractivity contribution in [1.82, 2.24) is 0 Å². The summed E-state index contributed by atoms with van der Waals surface area (Å²) in [5, 5.41) is 2.44. The van der Waals surface area contributed by atoms with Gasteiger partial charge in [0.1, 0.15) is 12.4 Å². The van der Waals surface area contributed by atoms with Crippen LogP contribution >= 0.6 is 27.3 Å². The molecule has 0 radical (unpaired) electrons. The quantitative estimate of drug-likeness (QED) is 0.288. The van der Waals surface area contributed by atoms with Gasteiger partial charge in [0, 0.05) is 14.7 Å². The molecule has 32 heavy (non-hydrogen) atoms. The number of hydrogen-bond donors (Lipinski definition) is 0. The Morgan fingerprint density at radius 1 is 0.781 bits per heavy atom. The average molecular weight is 558 g/mol. The van der Waals surface area contributed by atoms with Crippen LogP contribution in [0.1, 0.15) is 57.5 Å². The molecule has 0 spiro atoms. The molecule has 0 atom stereocenters. The van der Waals surface area contributed by atoms with Crippen LogP contribution in [0.3, 0.4) is 0 Å². The second kappa shape index (κ2) is 10.4. The SMILES string of the molecule is CC(C)(C)[Si](C)(C)OCc1ccc(OCc2cc(Br)cs2)cc1CO[Si](C)(C)C(C)(C)C. The van der Waals surface area contributed by atoms with Crippen molar-refractivity contribution in [2.75, 3.05) is 0 Å². The maximum Gasteiger partial charge on any atom is 0.192 e. The largest absolute Gasteiger partial charge is 0.488 e. The van der Waals surface area contributed by atoms with Gasteiger partial charge in [-0.2, -0.15) is 0 Å². The Bertz CT molecular complexity index is 895. The highest BCUT2D eigenvalue weighted by molar-refractivity contribution is 9.10. The molecule has 0 saturated carbocycles. The summed E-state index contributed by atoms with van der Waals surface area (Å²) in [5.41, 5.74) is 2.36. The van der Waals surface area contributed by atoms with Crippen LogP contribution in [0.25, 0.3) is 0 Å². The van der Waals surface area contributed by atoms with Gasteiger partial charge in [0.2, 0.25) is 0 Å².